The van der Waals surface area contributed by atoms with E-state index < -0.39 is 4.92 Å². The van der Waals surface area contributed by atoms with Crippen molar-refractivity contribution >= 4 is 5.69 Å². The van der Waals surface area contributed by atoms with Gasteiger partial charge in [-0.05, 0) is 24.5 Å². The third-order valence-corrected chi connectivity index (χ3v) is 3.26. The lowest BCUT2D eigenvalue weighted by atomic mass is 10.1. The van der Waals surface area contributed by atoms with Crippen molar-refractivity contribution < 1.29 is 14.8 Å². The van der Waals surface area contributed by atoms with Crippen molar-refractivity contribution in [3.8, 4) is 5.75 Å². The van der Waals surface area contributed by atoms with E-state index in [4.69, 9.17) is 9.84 Å². The summed E-state index contributed by atoms with van der Waals surface area (Å²) in [6, 6.07) is 4.87. The molecule has 6 nitrogen and oxygen atoms in total. The van der Waals surface area contributed by atoms with E-state index in [9.17, 15) is 10.1 Å². The number of nitro benzene ring substituents is 1. The normalized spacial score (nSPS) is 16.3. The van der Waals surface area contributed by atoms with Crippen LogP contribution in [0, 0.1) is 10.1 Å². The Bertz CT molecular complexity index is 457. The first-order valence-corrected chi connectivity index (χ1v) is 5.77. The van der Waals surface area contributed by atoms with E-state index >= 15 is 0 Å². The van der Waals surface area contributed by atoms with Gasteiger partial charge in [-0.3, -0.25) is 10.1 Å². The molecule has 0 saturated heterocycles. The molecule has 0 radical (unpaired) electrons. The minimum Gasteiger partial charge on any atom is -0.490 e. The number of benzene rings is 1. The molecule has 98 valence electrons. The maximum Gasteiger partial charge on any atom is 0.311 e. The summed E-state index contributed by atoms with van der Waals surface area (Å²) >= 11 is 0. The Morgan fingerprint density at radius 3 is 2.78 bits per heavy atom. The van der Waals surface area contributed by atoms with Crippen LogP contribution in [0.1, 0.15) is 18.4 Å². The number of aliphatic hydroxyl groups excluding tert-OH is 1. The van der Waals surface area contributed by atoms with Crippen LogP contribution in [0.15, 0.2) is 18.2 Å². The van der Waals surface area contributed by atoms with Crippen molar-refractivity contribution in [1.82, 2.24) is 5.32 Å². The summed E-state index contributed by atoms with van der Waals surface area (Å²) in [7, 11) is 1.41. The largest absolute Gasteiger partial charge is 0.490 e. The molecule has 0 amide bonds. The van der Waals surface area contributed by atoms with Crippen molar-refractivity contribution in [3.05, 3.63) is 33.9 Å². The Morgan fingerprint density at radius 2 is 2.28 bits per heavy atom. The maximum atomic E-state index is 10.9. The number of nitrogens with one attached hydrogen (secondary N) is 1. The lowest BCUT2D eigenvalue weighted by molar-refractivity contribution is -0.385. The maximum absolute atomic E-state index is 10.9. The van der Waals surface area contributed by atoms with Crippen LogP contribution in [0.4, 0.5) is 5.69 Å². The van der Waals surface area contributed by atoms with Crippen molar-refractivity contribution in [2.24, 2.45) is 0 Å². The van der Waals surface area contributed by atoms with Crippen LogP contribution in [-0.4, -0.2) is 29.3 Å². The van der Waals surface area contributed by atoms with Gasteiger partial charge >= 0.3 is 5.69 Å². The van der Waals surface area contributed by atoms with Gasteiger partial charge in [-0.15, -0.1) is 0 Å². The predicted molar refractivity (Wildman–Crippen MR) is 65.5 cm³/mol. The molecule has 1 aliphatic carbocycles. The Balaban J connectivity index is 2.09. The number of nitro groups is 1. The monoisotopic (exact) mass is 252 g/mol. The Kier molecular flexibility index (Phi) is 3.49. The van der Waals surface area contributed by atoms with Crippen LogP contribution < -0.4 is 10.1 Å². The lowest BCUT2D eigenvalue weighted by Gasteiger charge is -2.14. The minimum atomic E-state index is -0.457. The average molecular weight is 252 g/mol. The minimum absolute atomic E-state index is 0.0364. The van der Waals surface area contributed by atoms with Gasteiger partial charge in [-0.1, -0.05) is 6.07 Å². The summed E-state index contributed by atoms with van der Waals surface area (Å²) < 4.78 is 4.94. The number of methoxy groups -OCH3 is 1. The highest BCUT2D eigenvalue weighted by molar-refractivity contribution is 5.48. The van der Waals surface area contributed by atoms with E-state index in [2.05, 4.69) is 5.32 Å². The van der Waals surface area contributed by atoms with Gasteiger partial charge in [0.15, 0.2) is 5.75 Å². The van der Waals surface area contributed by atoms with Crippen LogP contribution in [0.2, 0.25) is 0 Å². The lowest BCUT2D eigenvalue weighted by Crippen LogP contribution is -2.34. The molecule has 1 fully saturated rings. The zero-order valence-electron chi connectivity index (χ0n) is 10.2. The molecule has 1 aromatic carbocycles. The van der Waals surface area contributed by atoms with E-state index in [1.807, 2.05) is 0 Å². The molecule has 6 heteroatoms. The molecule has 0 atom stereocenters. The smallest absolute Gasteiger partial charge is 0.311 e. The standard InChI is InChI=1S/C12H16N2O4/c1-18-11-3-2-9(6-10(11)14(16)17)7-13-12(8-15)4-5-12/h2-3,6,13,15H,4-5,7-8H2,1H3. The highest BCUT2D eigenvalue weighted by Crippen LogP contribution is 2.35. The van der Waals surface area contributed by atoms with Crippen LogP contribution in [0.25, 0.3) is 0 Å². The number of hydrogen-bond acceptors (Lipinski definition) is 5. The van der Waals surface area contributed by atoms with Crippen LogP contribution in [0.5, 0.6) is 5.75 Å². The van der Waals surface area contributed by atoms with Gasteiger partial charge in [-0.2, -0.15) is 0 Å². The molecule has 0 unspecified atom stereocenters. The zero-order chi connectivity index (χ0) is 13.2. The first kappa shape index (κ1) is 12.8. The fraction of sp³-hybridized carbons (Fsp3) is 0.500. The quantitative estimate of drug-likeness (QED) is 0.587. The number of aliphatic hydroxyl groups is 1. The first-order valence-electron chi connectivity index (χ1n) is 5.77. The average Bonchev–Trinajstić information content (AvgIpc) is 3.16. The Hall–Kier alpha value is -1.66. The molecular formula is C12H16N2O4. The fourth-order valence-electron chi connectivity index (χ4n) is 1.82. The highest BCUT2D eigenvalue weighted by Gasteiger charge is 2.41. The summed E-state index contributed by atoms with van der Waals surface area (Å²) in [5.74, 6) is 0.257. The van der Waals surface area contributed by atoms with Gasteiger partial charge in [-0.25, -0.2) is 0 Å². The molecule has 2 N–H and O–H groups in total. The second-order valence-corrected chi connectivity index (χ2v) is 4.56. The summed E-state index contributed by atoms with van der Waals surface area (Å²) in [5, 5.41) is 23.3. The second-order valence-electron chi connectivity index (χ2n) is 4.56. The summed E-state index contributed by atoms with van der Waals surface area (Å²) in [6.45, 7) is 0.608. The summed E-state index contributed by atoms with van der Waals surface area (Å²) in [4.78, 5) is 10.4. The fourth-order valence-corrected chi connectivity index (χ4v) is 1.82. The van der Waals surface area contributed by atoms with Crippen LogP contribution in [0.3, 0.4) is 0 Å². The molecule has 1 aliphatic rings. The van der Waals surface area contributed by atoms with Gasteiger partial charge in [0.05, 0.1) is 18.6 Å². The summed E-state index contributed by atoms with van der Waals surface area (Å²) in [5.41, 5.74) is 0.599. The molecular weight excluding hydrogens is 236 g/mol. The summed E-state index contributed by atoms with van der Waals surface area (Å²) in [6.07, 6.45) is 1.89. The Labute approximate surface area is 105 Å². The van der Waals surface area contributed by atoms with Crippen molar-refractivity contribution in [1.29, 1.82) is 0 Å². The third-order valence-electron chi connectivity index (χ3n) is 3.26. The van der Waals surface area contributed by atoms with E-state index in [-0.39, 0.29) is 23.6 Å². The van der Waals surface area contributed by atoms with E-state index in [1.54, 1.807) is 12.1 Å². The number of nitrogens with zero attached hydrogens (tertiary/aromatic N) is 1. The van der Waals surface area contributed by atoms with Crippen molar-refractivity contribution in [2.75, 3.05) is 13.7 Å². The molecule has 0 spiro atoms. The molecule has 2 rings (SSSR count). The van der Waals surface area contributed by atoms with Gasteiger partial charge in [0.1, 0.15) is 0 Å². The molecule has 0 aliphatic heterocycles. The van der Waals surface area contributed by atoms with Gasteiger partial charge in [0, 0.05) is 18.2 Å². The van der Waals surface area contributed by atoms with Crippen molar-refractivity contribution in [2.45, 2.75) is 24.9 Å². The SMILES string of the molecule is COc1ccc(CNC2(CO)CC2)cc1[N+](=O)[O-]. The molecule has 0 aromatic heterocycles. The number of ether oxygens (including phenoxy) is 1. The van der Waals surface area contributed by atoms with Crippen LogP contribution in [-0.2, 0) is 6.54 Å². The van der Waals surface area contributed by atoms with Gasteiger partial charge in [0.25, 0.3) is 0 Å². The molecule has 1 saturated carbocycles. The van der Waals surface area contributed by atoms with Crippen molar-refractivity contribution in [3.63, 3.8) is 0 Å². The van der Waals surface area contributed by atoms with E-state index in [1.165, 1.54) is 13.2 Å². The highest BCUT2D eigenvalue weighted by atomic mass is 16.6. The number of rotatable bonds is 6. The molecule has 0 heterocycles. The first-order chi connectivity index (χ1) is 8.60. The second kappa shape index (κ2) is 4.91. The van der Waals surface area contributed by atoms with E-state index in [0.29, 0.717) is 6.54 Å². The topological polar surface area (TPSA) is 84.6 Å². The third kappa shape index (κ3) is 2.60. The zero-order valence-corrected chi connectivity index (χ0v) is 10.2. The van der Waals surface area contributed by atoms with E-state index in [0.717, 1.165) is 18.4 Å². The number of hydrogen-bond donors (Lipinski definition) is 2. The molecule has 1 aromatic rings. The molecule has 18 heavy (non-hydrogen) atoms. The van der Waals surface area contributed by atoms with Gasteiger partial charge in [0.2, 0.25) is 0 Å². The molecule has 0 bridgehead atoms. The van der Waals surface area contributed by atoms with Crippen LogP contribution >= 0.6 is 0 Å². The van der Waals surface area contributed by atoms with Gasteiger partial charge < -0.3 is 15.2 Å². The predicted octanol–water partition coefficient (Wildman–Crippen LogP) is 1.22. The Morgan fingerprint density at radius 1 is 1.56 bits per heavy atom.